The van der Waals surface area contributed by atoms with Crippen LogP contribution in [0.5, 0.6) is 0 Å². The van der Waals surface area contributed by atoms with Gasteiger partial charge in [0.1, 0.15) is 30.1 Å². The monoisotopic (exact) mass is 427 g/mol. The first kappa shape index (κ1) is 22.5. The van der Waals surface area contributed by atoms with Gasteiger partial charge in [-0.25, -0.2) is 15.0 Å². The number of aryl methyl sites for hydroxylation is 1. The molecule has 0 aliphatic carbocycles. The normalized spacial score (nSPS) is 15.6. The Kier molecular flexibility index (Phi) is 7.41. The average Bonchev–Trinajstić information content (AvgIpc) is 2.75. The van der Waals surface area contributed by atoms with Crippen molar-refractivity contribution in [2.24, 2.45) is 4.99 Å². The number of rotatable bonds is 8. The number of aliphatic imine (C=N–C) groups is 1. The summed E-state index contributed by atoms with van der Waals surface area (Å²) in [7, 11) is 3.13. The van der Waals surface area contributed by atoms with Gasteiger partial charge in [0.25, 0.3) is 5.56 Å². The van der Waals surface area contributed by atoms with E-state index in [1.54, 1.807) is 26.5 Å². The van der Waals surface area contributed by atoms with Crippen molar-refractivity contribution in [3.63, 3.8) is 0 Å². The number of nitrogens with zero attached hydrogens (tertiary/aromatic N) is 4. The molecule has 0 unspecified atom stereocenters. The van der Waals surface area contributed by atoms with Gasteiger partial charge in [0.05, 0.1) is 18.7 Å². The van der Waals surface area contributed by atoms with Crippen LogP contribution >= 0.6 is 0 Å². The fourth-order valence-corrected chi connectivity index (χ4v) is 3.54. The average molecular weight is 428 g/mol. The molecule has 0 radical (unpaired) electrons. The van der Waals surface area contributed by atoms with E-state index in [9.17, 15) is 4.79 Å². The number of nitrogens with one attached hydrogen (secondary N) is 1. The summed E-state index contributed by atoms with van der Waals surface area (Å²) >= 11 is 0. The summed E-state index contributed by atoms with van der Waals surface area (Å²) in [6, 6.07) is 1.84. The standard InChI is InChI=1S/C22H29N5O4/c1-6-19(30-5)23-12-15(3)31-16-7-9-27(10-8-16)21-14(2)11-17-20(26-21)24-18(13-29-4)25-22(17)28/h6,11-12,16H,3,7-10,13H2,1-2,4-5H3,(H,24,25,26,28)/b19-6+,23-12-. The molecular formula is C22H29N5O4. The SMILES string of the molecule is C=C(/C=N\C(=C/C)OC)OC1CCN(c2nc3nc(COC)[nH]c(=O)c3cc2C)CC1. The van der Waals surface area contributed by atoms with E-state index >= 15 is 0 Å². The predicted octanol–water partition coefficient (Wildman–Crippen LogP) is 2.85. The van der Waals surface area contributed by atoms with E-state index in [-0.39, 0.29) is 18.3 Å². The van der Waals surface area contributed by atoms with Crippen molar-refractivity contribution >= 4 is 23.1 Å². The van der Waals surface area contributed by atoms with E-state index in [1.807, 2.05) is 19.9 Å². The molecule has 0 atom stereocenters. The zero-order valence-electron chi connectivity index (χ0n) is 18.5. The Morgan fingerprint density at radius 1 is 1.35 bits per heavy atom. The summed E-state index contributed by atoms with van der Waals surface area (Å²) < 4.78 is 16.1. The molecule has 166 valence electrons. The highest BCUT2D eigenvalue weighted by atomic mass is 16.5. The summed E-state index contributed by atoms with van der Waals surface area (Å²) in [6.45, 7) is 9.51. The number of aromatic amines is 1. The number of anilines is 1. The van der Waals surface area contributed by atoms with E-state index in [2.05, 4.69) is 26.4 Å². The van der Waals surface area contributed by atoms with E-state index in [4.69, 9.17) is 19.2 Å². The molecule has 0 amide bonds. The summed E-state index contributed by atoms with van der Waals surface area (Å²) in [4.78, 5) is 30.6. The molecule has 0 saturated carbocycles. The van der Waals surface area contributed by atoms with E-state index < -0.39 is 0 Å². The number of methoxy groups -OCH3 is 2. The highest BCUT2D eigenvalue weighted by Gasteiger charge is 2.23. The second kappa shape index (κ2) is 10.2. The molecule has 1 saturated heterocycles. The van der Waals surface area contributed by atoms with E-state index in [1.165, 1.54) is 0 Å². The molecule has 3 rings (SSSR count). The van der Waals surface area contributed by atoms with E-state index in [0.29, 0.717) is 28.5 Å². The predicted molar refractivity (Wildman–Crippen MR) is 120 cm³/mol. The highest BCUT2D eigenvalue weighted by Crippen LogP contribution is 2.25. The van der Waals surface area contributed by atoms with E-state index in [0.717, 1.165) is 37.3 Å². The van der Waals surface area contributed by atoms with Gasteiger partial charge in [-0.1, -0.05) is 6.58 Å². The van der Waals surface area contributed by atoms with Crippen LogP contribution in [0.15, 0.2) is 40.2 Å². The molecule has 1 aliphatic rings. The van der Waals surface area contributed by atoms with Gasteiger partial charge in [-0.15, -0.1) is 0 Å². The smallest absolute Gasteiger partial charge is 0.260 e. The molecule has 31 heavy (non-hydrogen) atoms. The summed E-state index contributed by atoms with van der Waals surface area (Å²) in [6.07, 6.45) is 5.04. The molecule has 0 spiro atoms. The van der Waals surface area contributed by atoms with Crippen molar-refractivity contribution in [2.45, 2.75) is 39.4 Å². The fraction of sp³-hybridized carbons (Fsp3) is 0.455. The largest absolute Gasteiger partial charge is 0.489 e. The lowest BCUT2D eigenvalue weighted by Gasteiger charge is -2.33. The molecule has 3 heterocycles. The van der Waals surface area contributed by atoms with Crippen LogP contribution in [-0.4, -0.2) is 54.6 Å². The number of pyridine rings is 1. The van der Waals surface area contributed by atoms with Crippen LogP contribution in [0.3, 0.4) is 0 Å². The van der Waals surface area contributed by atoms with Crippen LogP contribution in [0.25, 0.3) is 11.0 Å². The van der Waals surface area contributed by atoms with Gasteiger partial charge in [0.15, 0.2) is 5.65 Å². The van der Waals surface area contributed by atoms with Gasteiger partial charge < -0.3 is 24.1 Å². The lowest BCUT2D eigenvalue weighted by molar-refractivity contribution is 0.108. The van der Waals surface area contributed by atoms with Gasteiger partial charge in [0, 0.05) is 33.0 Å². The number of allylic oxidation sites excluding steroid dienone is 2. The zero-order chi connectivity index (χ0) is 22.4. The molecule has 0 aromatic carbocycles. The van der Waals surface area contributed by atoms with Crippen LogP contribution in [0, 0.1) is 6.92 Å². The number of hydrogen-bond acceptors (Lipinski definition) is 8. The summed E-state index contributed by atoms with van der Waals surface area (Å²) in [5.74, 6) is 2.32. The fourth-order valence-electron chi connectivity index (χ4n) is 3.54. The number of ether oxygens (including phenoxy) is 3. The number of aromatic nitrogens is 3. The van der Waals surface area contributed by atoms with Crippen LogP contribution in [0.2, 0.25) is 0 Å². The molecule has 1 fully saturated rings. The minimum atomic E-state index is -0.207. The van der Waals surface area contributed by atoms with Gasteiger partial charge in [-0.05, 0) is 31.6 Å². The summed E-state index contributed by atoms with van der Waals surface area (Å²) in [5, 5.41) is 0.478. The Morgan fingerprint density at radius 2 is 2.10 bits per heavy atom. The maximum atomic E-state index is 12.3. The van der Waals surface area contributed by atoms with Crippen LogP contribution in [0.4, 0.5) is 5.82 Å². The first-order valence-electron chi connectivity index (χ1n) is 10.2. The number of H-pyrrole nitrogens is 1. The third kappa shape index (κ3) is 5.49. The third-order valence-corrected chi connectivity index (χ3v) is 5.04. The Balaban J connectivity index is 1.68. The molecule has 9 nitrogen and oxygen atoms in total. The van der Waals surface area contributed by atoms with Crippen molar-refractivity contribution in [3.05, 3.63) is 52.1 Å². The Hall–Kier alpha value is -3.20. The Bertz CT molecular complexity index is 1050. The lowest BCUT2D eigenvalue weighted by atomic mass is 10.1. The van der Waals surface area contributed by atoms with Crippen molar-refractivity contribution in [1.29, 1.82) is 0 Å². The molecule has 1 N–H and O–H groups in total. The topological polar surface area (TPSA) is 102 Å². The molecule has 9 heteroatoms. The molecule has 2 aromatic heterocycles. The number of piperidine rings is 1. The van der Waals surface area contributed by atoms with Crippen LogP contribution < -0.4 is 10.5 Å². The number of fused-ring (bicyclic) bond motifs is 1. The first-order chi connectivity index (χ1) is 14.9. The molecular weight excluding hydrogens is 398 g/mol. The maximum absolute atomic E-state index is 12.3. The maximum Gasteiger partial charge on any atom is 0.260 e. The number of hydrogen-bond donors (Lipinski definition) is 1. The van der Waals surface area contributed by atoms with Crippen LogP contribution in [-0.2, 0) is 20.8 Å². The lowest BCUT2D eigenvalue weighted by Crippen LogP contribution is -2.38. The van der Waals surface area contributed by atoms with Gasteiger partial charge in [0.2, 0.25) is 5.88 Å². The van der Waals surface area contributed by atoms with Crippen LogP contribution in [0.1, 0.15) is 31.2 Å². The minimum Gasteiger partial charge on any atom is -0.489 e. The van der Waals surface area contributed by atoms with Crippen molar-refractivity contribution < 1.29 is 14.2 Å². The van der Waals surface area contributed by atoms with Crippen molar-refractivity contribution in [2.75, 3.05) is 32.2 Å². The third-order valence-electron chi connectivity index (χ3n) is 5.04. The molecule has 0 bridgehead atoms. The quantitative estimate of drug-likeness (QED) is 0.510. The minimum absolute atomic E-state index is 0.0573. The highest BCUT2D eigenvalue weighted by molar-refractivity contribution is 5.77. The van der Waals surface area contributed by atoms with Crippen molar-refractivity contribution in [3.8, 4) is 0 Å². The second-order valence-corrected chi connectivity index (χ2v) is 7.31. The molecule has 1 aliphatic heterocycles. The van der Waals surface area contributed by atoms with Gasteiger partial charge in [-0.3, -0.25) is 4.79 Å². The molecule has 2 aromatic rings. The zero-order valence-corrected chi connectivity index (χ0v) is 18.5. The summed E-state index contributed by atoms with van der Waals surface area (Å²) in [5.41, 5.74) is 1.16. The second-order valence-electron chi connectivity index (χ2n) is 7.31. The Labute approximate surface area is 181 Å². The first-order valence-corrected chi connectivity index (χ1v) is 10.2. The Morgan fingerprint density at radius 3 is 2.74 bits per heavy atom. The van der Waals surface area contributed by atoms with Gasteiger partial charge >= 0.3 is 0 Å². The van der Waals surface area contributed by atoms with Crippen molar-refractivity contribution in [1.82, 2.24) is 15.0 Å². The van der Waals surface area contributed by atoms with Gasteiger partial charge in [-0.2, -0.15) is 0 Å².